The van der Waals surface area contributed by atoms with Gasteiger partial charge in [0, 0.05) is 61.1 Å². The molecule has 4 aliphatic rings. The van der Waals surface area contributed by atoms with Gasteiger partial charge in [0.25, 0.3) is 21.6 Å². The predicted octanol–water partition coefficient (Wildman–Crippen LogP) is 9.44. The SMILES string of the molecule is CC(C)c1ccccc1[C@H]1CCCN1C1CC2(CCN(c3ccc(C(=O)NS(=O)(=O)c4ccc(NC[C@H]5CC[C@@](C)(O)CC5)c([N+](=O)[O-])c4)c(Oc4cnc5[nH]ccc5c4)c3)CC2)C1. The first kappa shape index (κ1) is 43.7. The molecule has 1 amide bonds. The number of anilines is 2. The lowest BCUT2D eigenvalue weighted by Gasteiger charge is -2.56. The van der Waals surface area contributed by atoms with Gasteiger partial charge in [0.05, 0.1) is 27.2 Å². The van der Waals surface area contributed by atoms with Crippen LogP contribution < -0.4 is 19.7 Å². The molecule has 2 saturated heterocycles. The molecule has 2 aromatic heterocycles. The van der Waals surface area contributed by atoms with Gasteiger partial charge in [0.2, 0.25) is 0 Å². The van der Waals surface area contributed by atoms with E-state index >= 15 is 0 Å². The van der Waals surface area contributed by atoms with Crippen molar-refractivity contribution in [2.75, 3.05) is 36.4 Å². The topological polar surface area (TPSA) is 183 Å². The number of hydrogen-bond donors (Lipinski definition) is 4. The Hall–Kier alpha value is -5.51. The number of likely N-dealkylation sites (tertiary alicyclic amines) is 1. The minimum Gasteiger partial charge on any atom is -0.455 e. The molecule has 1 atom stereocenters. The van der Waals surface area contributed by atoms with E-state index < -0.39 is 37.0 Å². The lowest BCUT2D eigenvalue weighted by atomic mass is 9.59. The average Bonchev–Trinajstić information content (AvgIpc) is 3.95. The Morgan fingerprint density at radius 3 is 2.52 bits per heavy atom. The van der Waals surface area contributed by atoms with Crippen LogP contribution in [0.15, 0.2) is 90.1 Å². The molecule has 3 aromatic carbocycles. The largest absolute Gasteiger partial charge is 0.455 e. The second-order valence-corrected chi connectivity index (χ2v) is 21.0. The first-order valence-electron chi connectivity index (χ1n) is 22.8. The number of pyridine rings is 1. The Labute approximate surface area is 375 Å². The van der Waals surface area contributed by atoms with Crippen molar-refractivity contribution in [3.8, 4) is 11.5 Å². The van der Waals surface area contributed by atoms with E-state index in [1.807, 2.05) is 19.1 Å². The number of H-pyrrole nitrogens is 1. The molecule has 2 aliphatic carbocycles. The fraction of sp³-hybridized carbons (Fsp3) is 0.469. The maximum absolute atomic E-state index is 14.0. The zero-order chi connectivity index (χ0) is 44.8. The number of aromatic amines is 1. The number of nitro benzene ring substituents is 1. The zero-order valence-electron chi connectivity index (χ0n) is 36.9. The lowest BCUT2D eigenvalue weighted by molar-refractivity contribution is -0.384. The van der Waals surface area contributed by atoms with E-state index in [9.17, 15) is 28.4 Å². The van der Waals surface area contributed by atoms with Crippen molar-refractivity contribution < 1.29 is 28.0 Å². The zero-order valence-corrected chi connectivity index (χ0v) is 37.7. The molecule has 15 heteroatoms. The van der Waals surface area contributed by atoms with Gasteiger partial charge >= 0.3 is 0 Å². The number of fused-ring (bicyclic) bond motifs is 1. The number of nitrogens with zero attached hydrogens (tertiary/aromatic N) is 4. The van der Waals surface area contributed by atoms with Crippen molar-refractivity contribution in [1.82, 2.24) is 19.6 Å². The summed E-state index contributed by atoms with van der Waals surface area (Å²) in [6.07, 6.45) is 13.1. The number of rotatable bonds is 13. The molecule has 4 N–H and O–H groups in total. The summed E-state index contributed by atoms with van der Waals surface area (Å²) in [6, 6.07) is 22.4. The Bertz CT molecular complexity index is 2640. The molecule has 4 heterocycles. The molecular formula is C49H59N7O7S. The van der Waals surface area contributed by atoms with Crippen LogP contribution in [0, 0.1) is 21.4 Å². The maximum atomic E-state index is 14.0. The van der Waals surface area contributed by atoms with Gasteiger partial charge in [-0.2, -0.15) is 0 Å². The predicted molar refractivity (Wildman–Crippen MR) is 248 cm³/mol. The fourth-order valence-corrected chi connectivity index (χ4v) is 11.8. The highest BCUT2D eigenvalue weighted by atomic mass is 32.2. The molecule has 0 bridgehead atoms. The van der Waals surface area contributed by atoms with Gasteiger partial charge in [-0.15, -0.1) is 0 Å². The molecule has 14 nitrogen and oxygen atoms in total. The van der Waals surface area contributed by atoms with Crippen LogP contribution in [0.25, 0.3) is 11.0 Å². The summed E-state index contributed by atoms with van der Waals surface area (Å²) >= 11 is 0. The van der Waals surface area contributed by atoms with Gasteiger partial charge in [0.15, 0.2) is 0 Å². The van der Waals surface area contributed by atoms with E-state index in [1.54, 1.807) is 30.6 Å². The summed E-state index contributed by atoms with van der Waals surface area (Å²) in [4.78, 5) is 37.7. The number of sulfonamides is 1. The van der Waals surface area contributed by atoms with Crippen molar-refractivity contribution in [3.05, 3.63) is 112 Å². The fourth-order valence-electron chi connectivity index (χ4n) is 10.8. The van der Waals surface area contributed by atoms with Gasteiger partial charge in [-0.1, -0.05) is 38.1 Å². The smallest absolute Gasteiger partial charge is 0.293 e. The summed E-state index contributed by atoms with van der Waals surface area (Å²) in [6.45, 7) is 9.66. The highest BCUT2D eigenvalue weighted by Crippen LogP contribution is 2.54. The first-order chi connectivity index (χ1) is 30.7. The van der Waals surface area contributed by atoms with E-state index in [0.29, 0.717) is 54.2 Å². The third-order valence-corrected chi connectivity index (χ3v) is 15.9. The van der Waals surface area contributed by atoms with E-state index in [1.165, 1.54) is 48.9 Å². The normalized spacial score (nSPS) is 22.7. The Morgan fingerprint density at radius 2 is 1.77 bits per heavy atom. The highest BCUT2D eigenvalue weighted by Gasteiger charge is 2.50. The number of amides is 1. The number of carbonyl (C=O) groups excluding carboxylic acids is 1. The number of piperidine rings is 1. The van der Waals surface area contributed by atoms with Gasteiger partial charge in [-0.3, -0.25) is 19.8 Å². The van der Waals surface area contributed by atoms with E-state index in [4.69, 9.17) is 4.74 Å². The summed E-state index contributed by atoms with van der Waals surface area (Å²) < 4.78 is 36.0. The first-order valence-corrected chi connectivity index (χ1v) is 24.3. The second-order valence-electron chi connectivity index (χ2n) is 19.3. The van der Waals surface area contributed by atoms with Crippen molar-refractivity contribution in [1.29, 1.82) is 0 Å². The Kier molecular flexibility index (Phi) is 11.9. The van der Waals surface area contributed by atoms with Crippen molar-refractivity contribution in [2.24, 2.45) is 11.3 Å². The van der Waals surface area contributed by atoms with Gasteiger partial charge < -0.3 is 25.0 Å². The molecule has 4 fully saturated rings. The van der Waals surface area contributed by atoms with Gasteiger partial charge in [0.1, 0.15) is 22.8 Å². The minimum atomic E-state index is -4.56. The molecule has 0 unspecified atom stereocenters. The van der Waals surface area contributed by atoms with Crippen LogP contribution in [0.4, 0.5) is 17.1 Å². The third kappa shape index (κ3) is 9.07. The molecule has 1 spiro atoms. The van der Waals surface area contributed by atoms with Crippen LogP contribution in [0.1, 0.15) is 118 Å². The standard InChI is InChI=1S/C49H59N7O7S/c1-32(2)39-7-4-5-8-40(39)43-9-6-22-55(43)36-28-49(29-36)19-23-54(24-20-49)35-10-12-41(45(26-35)63-37-25-34-16-21-50-46(34)52-31-37)47(57)53-64(61,62)38-11-13-42(44(27-38)56(59)60)51-30-33-14-17-48(3,58)18-15-33/h4-5,7-8,10-13,16,21,25-27,31-33,36,43,51,58H,6,9,14-15,17-20,22-24,28-30H2,1-3H3,(H,50,52)(H,53,57)/t33-,43-,48+/m1/s1. The average molecular weight is 890 g/mol. The molecule has 2 saturated carbocycles. The van der Waals surface area contributed by atoms with E-state index in [-0.39, 0.29) is 22.9 Å². The summed E-state index contributed by atoms with van der Waals surface area (Å²) in [5.41, 5.74) is 3.82. The molecule has 2 aliphatic heterocycles. The quantitative estimate of drug-likeness (QED) is 0.0653. The van der Waals surface area contributed by atoms with Gasteiger partial charge in [-0.25, -0.2) is 18.1 Å². The number of ether oxygens (including phenoxy) is 1. The van der Waals surface area contributed by atoms with Crippen LogP contribution in [0.3, 0.4) is 0 Å². The summed E-state index contributed by atoms with van der Waals surface area (Å²) in [7, 11) is -4.56. The van der Waals surface area contributed by atoms with Crippen molar-refractivity contribution in [3.63, 3.8) is 0 Å². The molecular weight excluding hydrogens is 831 g/mol. The van der Waals surface area contributed by atoms with Gasteiger partial charge in [-0.05, 0) is 142 Å². The highest BCUT2D eigenvalue weighted by molar-refractivity contribution is 7.90. The van der Waals surface area contributed by atoms with Crippen molar-refractivity contribution in [2.45, 2.75) is 113 Å². The Balaban J connectivity index is 0.895. The maximum Gasteiger partial charge on any atom is 0.293 e. The number of benzene rings is 3. The monoisotopic (exact) mass is 889 g/mol. The summed E-state index contributed by atoms with van der Waals surface area (Å²) in [5, 5.41) is 26.4. The molecule has 5 aromatic rings. The van der Waals surface area contributed by atoms with Crippen LogP contribution in [0.5, 0.6) is 11.5 Å². The molecule has 9 rings (SSSR count). The number of nitro groups is 1. The number of aromatic nitrogens is 2. The van der Waals surface area contributed by atoms with E-state index in [0.717, 1.165) is 62.5 Å². The molecule has 64 heavy (non-hydrogen) atoms. The second kappa shape index (κ2) is 17.5. The Morgan fingerprint density at radius 1 is 1.00 bits per heavy atom. The van der Waals surface area contributed by atoms with E-state index in [2.05, 4.69) is 67.9 Å². The number of hydrogen-bond acceptors (Lipinski definition) is 11. The molecule has 0 radical (unpaired) electrons. The number of nitrogens with one attached hydrogen (secondary N) is 3. The number of aliphatic hydroxyl groups is 1. The van der Waals surface area contributed by atoms with Crippen LogP contribution >= 0.6 is 0 Å². The van der Waals surface area contributed by atoms with Crippen LogP contribution in [-0.2, 0) is 10.0 Å². The third-order valence-electron chi connectivity index (χ3n) is 14.5. The summed E-state index contributed by atoms with van der Waals surface area (Å²) in [5.74, 6) is 0.285. The minimum absolute atomic E-state index is 0.0183. The van der Waals surface area contributed by atoms with Crippen LogP contribution in [-0.4, -0.2) is 77.0 Å². The van der Waals surface area contributed by atoms with Crippen LogP contribution in [0.2, 0.25) is 0 Å². The number of carbonyl (C=O) groups is 1. The lowest BCUT2D eigenvalue weighted by Crippen LogP contribution is -2.54. The van der Waals surface area contributed by atoms with Crippen molar-refractivity contribution >= 4 is 44.0 Å². The molecule has 338 valence electrons.